The Kier molecular flexibility index (Phi) is 5.49. The zero-order valence-electron chi connectivity index (χ0n) is 17.3. The molecule has 1 aliphatic rings. The van der Waals surface area contributed by atoms with Crippen LogP contribution in [-0.4, -0.2) is 56.4 Å². The van der Waals surface area contributed by atoms with Crippen molar-refractivity contribution in [3.05, 3.63) is 41.7 Å². The van der Waals surface area contributed by atoms with E-state index < -0.39 is 0 Å². The van der Waals surface area contributed by atoms with E-state index in [2.05, 4.69) is 9.88 Å². The van der Waals surface area contributed by atoms with Crippen LogP contribution in [0.2, 0.25) is 0 Å². The van der Waals surface area contributed by atoms with Gasteiger partial charge in [-0.25, -0.2) is 4.98 Å². The van der Waals surface area contributed by atoms with E-state index >= 15 is 0 Å². The maximum Gasteiger partial charge on any atom is 0.203 e. The molecule has 1 N–H and O–H groups in total. The van der Waals surface area contributed by atoms with Crippen molar-refractivity contribution in [1.29, 1.82) is 0 Å². The van der Waals surface area contributed by atoms with Crippen molar-refractivity contribution in [3.8, 4) is 23.0 Å². The standard InChI is InChI=1S/C22H27N3O4/c1-26-16-5-6-17-18(11-16)24-22(23-17)15-7-8-25(13-15)12-14-9-19(27-2)21(29-4)20(10-14)28-3/h5-6,9-11,15H,7-8,12-13H2,1-4H3,(H,23,24). The number of benzene rings is 2. The Morgan fingerprint density at radius 2 is 1.76 bits per heavy atom. The number of ether oxygens (including phenoxy) is 4. The maximum absolute atomic E-state index is 5.48. The lowest BCUT2D eigenvalue weighted by molar-refractivity contribution is 0.312. The first-order chi connectivity index (χ1) is 14.1. The number of H-pyrrole nitrogens is 1. The lowest BCUT2D eigenvalue weighted by Crippen LogP contribution is -2.20. The van der Waals surface area contributed by atoms with Gasteiger partial charge >= 0.3 is 0 Å². The van der Waals surface area contributed by atoms with Crippen molar-refractivity contribution in [2.45, 2.75) is 18.9 Å². The molecule has 0 aliphatic carbocycles. The molecule has 7 heteroatoms. The quantitative estimate of drug-likeness (QED) is 0.657. The molecule has 0 saturated carbocycles. The molecule has 7 nitrogen and oxygen atoms in total. The van der Waals surface area contributed by atoms with Gasteiger partial charge in [-0.15, -0.1) is 0 Å². The number of hydrogen-bond donors (Lipinski definition) is 1. The van der Waals surface area contributed by atoms with Gasteiger partial charge in [-0.05, 0) is 42.8 Å². The van der Waals surface area contributed by atoms with Gasteiger partial charge in [-0.3, -0.25) is 4.90 Å². The summed E-state index contributed by atoms with van der Waals surface area (Å²) in [6.07, 6.45) is 1.07. The highest BCUT2D eigenvalue weighted by Gasteiger charge is 2.27. The topological polar surface area (TPSA) is 68.8 Å². The van der Waals surface area contributed by atoms with Crippen molar-refractivity contribution in [3.63, 3.8) is 0 Å². The van der Waals surface area contributed by atoms with E-state index in [1.807, 2.05) is 30.3 Å². The minimum absolute atomic E-state index is 0.385. The summed E-state index contributed by atoms with van der Waals surface area (Å²) in [6, 6.07) is 9.97. The summed E-state index contributed by atoms with van der Waals surface area (Å²) < 4.78 is 21.7. The smallest absolute Gasteiger partial charge is 0.203 e. The van der Waals surface area contributed by atoms with Crippen LogP contribution in [0.25, 0.3) is 11.0 Å². The predicted octanol–water partition coefficient (Wildman–Crippen LogP) is 3.59. The van der Waals surface area contributed by atoms with Gasteiger partial charge in [0.25, 0.3) is 0 Å². The fourth-order valence-electron chi connectivity index (χ4n) is 4.01. The van der Waals surface area contributed by atoms with E-state index in [1.165, 1.54) is 0 Å². The van der Waals surface area contributed by atoms with E-state index in [0.29, 0.717) is 23.2 Å². The Hall–Kier alpha value is -2.93. The van der Waals surface area contributed by atoms with Gasteiger partial charge in [-0.1, -0.05) is 0 Å². The van der Waals surface area contributed by atoms with Gasteiger partial charge in [0.15, 0.2) is 11.5 Å². The van der Waals surface area contributed by atoms with E-state index in [-0.39, 0.29) is 0 Å². The first-order valence-electron chi connectivity index (χ1n) is 9.70. The molecule has 1 unspecified atom stereocenters. The summed E-state index contributed by atoms with van der Waals surface area (Å²) in [5, 5.41) is 0. The van der Waals surface area contributed by atoms with Crippen molar-refractivity contribution in [2.75, 3.05) is 41.5 Å². The molecule has 3 aromatic rings. The van der Waals surface area contributed by atoms with Crippen LogP contribution in [0.3, 0.4) is 0 Å². The zero-order chi connectivity index (χ0) is 20.4. The molecule has 29 heavy (non-hydrogen) atoms. The average molecular weight is 397 g/mol. The Morgan fingerprint density at radius 1 is 1.00 bits per heavy atom. The van der Waals surface area contributed by atoms with Crippen molar-refractivity contribution in [2.24, 2.45) is 0 Å². The van der Waals surface area contributed by atoms with Crippen LogP contribution in [0, 0.1) is 0 Å². The van der Waals surface area contributed by atoms with Crippen molar-refractivity contribution < 1.29 is 18.9 Å². The lowest BCUT2D eigenvalue weighted by atomic mass is 10.1. The Morgan fingerprint density at radius 3 is 2.41 bits per heavy atom. The number of methoxy groups -OCH3 is 4. The maximum atomic E-state index is 5.48. The Balaban J connectivity index is 1.49. The van der Waals surface area contributed by atoms with Crippen molar-refractivity contribution >= 4 is 11.0 Å². The number of imidazole rings is 1. The number of rotatable bonds is 7. The average Bonchev–Trinajstić information content (AvgIpc) is 3.38. The van der Waals surface area contributed by atoms with Crippen LogP contribution in [-0.2, 0) is 6.54 Å². The van der Waals surface area contributed by atoms with Gasteiger partial charge in [0.1, 0.15) is 11.6 Å². The van der Waals surface area contributed by atoms with E-state index in [9.17, 15) is 0 Å². The molecule has 1 saturated heterocycles. The second-order valence-corrected chi connectivity index (χ2v) is 7.26. The molecule has 0 spiro atoms. The minimum Gasteiger partial charge on any atom is -0.497 e. The Bertz CT molecular complexity index is 976. The van der Waals surface area contributed by atoms with E-state index in [0.717, 1.165) is 54.2 Å². The first kappa shape index (κ1) is 19.4. The van der Waals surface area contributed by atoms with Crippen LogP contribution in [0.1, 0.15) is 23.7 Å². The van der Waals surface area contributed by atoms with Gasteiger partial charge in [0.05, 0.1) is 39.5 Å². The fourth-order valence-corrected chi connectivity index (χ4v) is 4.01. The largest absolute Gasteiger partial charge is 0.497 e. The zero-order valence-corrected chi connectivity index (χ0v) is 17.3. The molecular formula is C22H27N3O4. The first-order valence-corrected chi connectivity index (χ1v) is 9.70. The molecule has 2 aromatic carbocycles. The molecule has 154 valence electrons. The van der Waals surface area contributed by atoms with Crippen LogP contribution < -0.4 is 18.9 Å². The minimum atomic E-state index is 0.385. The van der Waals surface area contributed by atoms with E-state index in [1.54, 1.807) is 28.4 Å². The highest BCUT2D eigenvalue weighted by atomic mass is 16.5. The molecule has 4 rings (SSSR count). The molecule has 0 radical (unpaired) electrons. The number of hydrogen-bond acceptors (Lipinski definition) is 6. The number of likely N-dealkylation sites (tertiary alicyclic amines) is 1. The molecule has 0 bridgehead atoms. The fraction of sp³-hybridized carbons (Fsp3) is 0.409. The van der Waals surface area contributed by atoms with Crippen LogP contribution >= 0.6 is 0 Å². The van der Waals surface area contributed by atoms with Gasteiger partial charge < -0.3 is 23.9 Å². The molecule has 1 fully saturated rings. The van der Waals surface area contributed by atoms with E-state index in [4.69, 9.17) is 23.9 Å². The summed E-state index contributed by atoms with van der Waals surface area (Å²) in [5.41, 5.74) is 3.13. The number of nitrogens with zero attached hydrogens (tertiary/aromatic N) is 2. The normalized spacial score (nSPS) is 16.9. The third kappa shape index (κ3) is 3.82. The number of aromatic amines is 1. The highest BCUT2D eigenvalue weighted by molar-refractivity contribution is 5.76. The highest BCUT2D eigenvalue weighted by Crippen LogP contribution is 2.39. The van der Waals surface area contributed by atoms with Crippen LogP contribution in [0.15, 0.2) is 30.3 Å². The van der Waals surface area contributed by atoms with Gasteiger partial charge in [0, 0.05) is 25.1 Å². The number of nitrogens with one attached hydrogen (secondary N) is 1. The third-order valence-corrected chi connectivity index (χ3v) is 5.50. The second-order valence-electron chi connectivity index (χ2n) is 7.26. The second kappa shape index (κ2) is 8.21. The molecule has 1 atom stereocenters. The van der Waals surface area contributed by atoms with Crippen LogP contribution in [0.5, 0.6) is 23.0 Å². The summed E-state index contributed by atoms with van der Waals surface area (Å²) in [5.74, 6) is 4.25. The van der Waals surface area contributed by atoms with Crippen LogP contribution in [0.4, 0.5) is 0 Å². The summed E-state index contributed by atoms with van der Waals surface area (Å²) in [6.45, 7) is 2.79. The number of fused-ring (bicyclic) bond motifs is 1. The molecule has 2 heterocycles. The molecule has 1 aromatic heterocycles. The number of aromatic nitrogens is 2. The summed E-state index contributed by atoms with van der Waals surface area (Å²) in [4.78, 5) is 10.7. The van der Waals surface area contributed by atoms with Crippen molar-refractivity contribution in [1.82, 2.24) is 14.9 Å². The summed E-state index contributed by atoms with van der Waals surface area (Å²) in [7, 11) is 6.58. The summed E-state index contributed by atoms with van der Waals surface area (Å²) >= 11 is 0. The predicted molar refractivity (Wildman–Crippen MR) is 111 cm³/mol. The molecular weight excluding hydrogens is 370 g/mol. The van der Waals surface area contributed by atoms with Gasteiger partial charge in [-0.2, -0.15) is 0 Å². The monoisotopic (exact) mass is 397 g/mol. The molecule has 1 aliphatic heterocycles. The third-order valence-electron chi connectivity index (χ3n) is 5.50. The Labute approximate surface area is 170 Å². The molecule has 0 amide bonds. The van der Waals surface area contributed by atoms with Gasteiger partial charge in [0.2, 0.25) is 5.75 Å². The SMILES string of the molecule is COc1ccc2nc(C3CCN(Cc4cc(OC)c(OC)c(OC)c4)C3)[nH]c2c1. The lowest BCUT2D eigenvalue weighted by Gasteiger charge is -2.18.